The molecule has 0 aliphatic carbocycles. The Bertz CT molecular complexity index is 1040. The SMILES string of the molecule is CCOC(=O)Cc1csc(NC(=O)Cc2cc(-c3ccc4c(c3)OCO4)on2)n1. The second kappa shape index (κ2) is 8.31. The third-order valence-electron chi connectivity index (χ3n) is 3.99. The lowest BCUT2D eigenvalue weighted by atomic mass is 10.1. The summed E-state index contributed by atoms with van der Waals surface area (Å²) in [6, 6.07) is 7.12. The summed E-state index contributed by atoms with van der Waals surface area (Å²) >= 11 is 1.24. The number of nitrogens with zero attached hydrogens (tertiary/aromatic N) is 2. The molecule has 0 bridgehead atoms. The van der Waals surface area contributed by atoms with E-state index in [0.717, 1.165) is 5.56 Å². The number of esters is 1. The predicted octanol–water partition coefficient (Wildman–Crippen LogP) is 2.81. The van der Waals surface area contributed by atoms with Gasteiger partial charge in [0.25, 0.3) is 0 Å². The maximum Gasteiger partial charge on any atom is 0.311 e. The van der Waals surface area contributed by atoms with E-state index in [0.29, 0.717) is 40.4 Å². The van der Waals surface area contributed by atoms with Gasteiger partial charge >= 0.3 is 5.97 Å². The number of amides is 1. The van der Waals surface area contributed by atoms with E-state index in [2.05, 4.69) is 15.5 Å². The zero-order valence-electron chi connectivity index (χ0n) is 15.5. The van der Waals surface area contributed by atoms with Crippen molar-refractivity contribution in [1.82, 2.24) is 10.1 Å². The minimum Gasteiger partial charge on any atom is -0.466 e. The molecule has 0 fully saturated rings. The van der Waals surface area contributed by atoms with E-state index in [1.165, 1.54) is 11.3 Å². The standard InChI is InChI=1S/C19H17N3O6S/c1-2-25-18(24)8-13-9-29-19(20-13)21-17(23)7-12-6-15(28-22-12)11-3-4-14-16(5-11)27-10-26-14/h3-6,9H,2,7-8,10H2,1H3,(H,20,21,23). The molecule has 3 heterocycles. The van der Waals surface area contributed by atoms with E-state index in [4.69, 9.17) is 18.7 Å². The van der Waals surface area contributed by atoms with Gasteiger partial charge in [0.15, 0.2) is 22.4 Å². The number of hydrogen-bond acceptors (Lipinski definition) is 9. The Morgan fingerprint density at radius 3 is 2.90 bits per heavy atom. The summed E-state index contributed by atoms with van der Waals surface area (Å²) in [6.07, 6.45) is 0.100. The molecule has 1 N–H and O–H groups in total. The van der Waals surface area contributed by atoms with Crippen molar-refractivity contribution in [1.29, 1.82) is 0 Å². The molecule has 1 aliphatic rings. The van der Waals surface area contributed by atoms with Crippen LogP contribution in [0.1, 0.15) is 18.3 Å². The van der Waals surface area contributed by atoms with E-state index >= 15 is 0 Å². The molecule has 0 radical (unpaired) electrons. The van der Waals surface area contributed by atoms with Crippen LogP contribution in [0, 0.1) is 0 Å². The van der Waals surface area contributed by atoms with Crippen molar-refractivity contribution in [3.8, 4) is 22.8 Å². The Labute approximate surface area is 169 Å². The molecule has 1 aliphatic heterocycles. The number of thiazole rings is 1. The zero-order chi connectivity index (χ0) is 20.2. The number of carbonyl (C=O) groups is 2. The summed E-state index contributed by atoms with van der Waals surface area (Å²) in [4.78, 5) is 28.0. The first-order valence-corrected chi connectivity index (χ1v) is 9.74. The Kier molecular flexibility index (Phi) is 5.43. The van der Waals surface area contributed by atoms with E-state index < -0.39 is 0 Å². The molecular weight excluding hydrogens is 398 g/mol. The number of carbonyl (C=O) groups excluding carboxylic acids is 2. The molecule has 3 aromatic rings. The average molecular weight is 415 g/mol. The van der Waals surface area contributed by atoms with Crippen molar-refractivity contribution in [2.24, 2.45) is 0 Å². The highest BCUT2D eigenvalue weighted by Gasteiger charge is 2.17. The average Bonchev–Trinajstić information content (AvgIpc) is 3.42. The molecule has 0 atom stereocenters. The van der Waals surface area contributed by atoms with Crippen LogP contribution in [-0.4, -0.2) is 35.4 Å². The summed E-state index contributed by atoms with van der Waals surface area (Å²) in [5.74, 6) is 1.21. The molecule has 4 rings (SSSR count). The van der Waals surface area contributed by atoms with Crippen LogP contribution in [0.5, 0.6) is 11.5 Å². The maximum absolute atomic E-state index is 12.3. The van der Waals surface area contributed by atoms with Crippen molar-refractivity contribution >= 4 is 28.3 Å². The van der Waals surface area contributed by atoms with Crippen LogP contribution in [0.2, 0.25) is 0 Å². The molecule has 0 saturated heterocycles. The topological polar surface area (TPSA) is 113 Å². The number of rotatable bonds is 7. The summed E-state index contributed by atoms with van der Waals surface area (Å²) in [5.41, 5.74) is 1.81. The Morgan fingerprint density at radius 2 is 2.03 bits per heavy atom. The van der Waals surface area contributed by atoms with Crippen molar-refractivity contribution < 1.29 is 28.3 Å². The number of nitrogens with one attached hydrogen (secondary N) is 1. The number of benzene rings is 1. The Morgan fingerprint density at radius 1 is 1.17 bits per heavy atom. The van der Waals surface area contributed by atoms with Crippen LogP contribution in [0.4, 0.5) is 5.13 Å². The van der Waals surface area contributed by atoms with Crippen LogP contribution in [0.25, 0.3) is 11.3 Å². The second-order valence-corrected chi connectivity index (χ2v) is 6.96. The van der Waals surface area contributed by atoms with Gasteiger partial charge in [-0.2, -0.15) is 0 Å². The lowest BCUT2D eigenvalue weighted by molar-refractivity contribution is -0.142. The van der Waals surface area contributed by atoms with Gasteiger partial charge in [0.1, 0.15) is 0 Å². The van der Waals surface area contributed by atoms with Crippen LogP contribution in [-0.2, 0) is 27.2 Å². The van der Waals surface area contributed by atoms with Crippen molar-refractivity contribution in [2.75, 3.05) is 18.7 Å². The molecule has 10 heteroatoms. The molecule has 150 valence electrons. The van der Waals surface area contributed by atoms with Gasteiger partial charge in [0, 0.05) is 17.0 Å². The first kappa shape index (κ1) is 18.9. The number of aromatic nitrogens is 2. The van der Waals surface area contributed by atoms with E-state index in [-0.39, 0.29) is 31.5 Å². The summed E-state index contributed by atoms with van der Waals surface area (Å²) in [7, 11) is 0. The van der Waals surface area contributed by atoms with Gasteiger partial charge in [-0.15, -0.1) is 11.3 Å². The van der Waals surface area contributed by atoms with Crippen molar-refractivity contribution in [3.05, 3.63) is 41.0 Å². The highest BCUT2D eigenvalue weighted by molar-refractivity contribution is 7.13. The quantitative estimate of drug-likeness (QED) is 0.586. The fourth-order valence-electron chi connectivity index (χ4n) is 2.71. The molecule has 1 aromatic carbocycles. The molecule has 0 spiro atoms. The number of anilines is 1. The minimum absolute atomic E-state index is 0.0286. The zero-order valence-corrected chi connectivity index (χ0v) is 16.3. The molecule has 0 saturated carbocycles. The number of fused-ring (bicyclic) bond motifs is 1. The lowest BCUT2D eigenvalue weighted by Crippen LogP contribution is -2.14. The summed E-state index contributed by atoms with van der Waals surface area (Å²) < 4.78 is 20.9. The van der Waals surface area contributed by atoms with Crippen molar-refractivity contribution in [2.45, 2.75) is 19.8 Å². The van der Waals surface area contributed by atoms with E-state index in [1.54, 1.807) is 30.5 Å². The molecule has 2 aromatic heterocycles. The monoisotopic (exact) mass is 415 g/mol. The van der Waals surface area contributed by atoms with Crippen LogP contribution >= 0.6 is 11.3 Å². The second-order valence-electron chi connectivity index (χ2n) is 6.10. The van der Waals surface area contributed by atoms with Gasteiger partial charge in [-0.05, 0) is 25.1 Å². The van der Waals surface area contributed by atoms with Crippen LogP contribution in [0.3, 0.4) is 0 Å². The molecule has 0 unspecified atom stereocenters. The fourth-order valence-corrected chi connectivity index (χ4v) is 3.44. The predicted molar refractivity (Wildman–Crippen MR) is 103 cm³/mol. The normalized spacial score (nSPS) is 12.0. The smallest absolute Gasteiger partial charge is 0.311 e. The van der Waals surface area contributed by atoms with E-state index in [9.17, 15) is 9.59 Å². The molecule has 1 amide bonds. The third kappa shape index (κ3) is 4.54. The summed E-state index contributed by atoms with van der Waals surface area (Å²) in [6.45, 7) is 2.25. The first-order chi connectivity index (χ1) is 14.1. The highest BCUT2D eigenvalue weighted by atomic mass is 32.1. The third-order valence-corrected chi connectivity index (χ3v) is 4.79. The Balaban J connectivity index is 1.35. The van der Waals surface area contributed by atoms with Crippen molar-refractivity contribution in [3.63, 3.8) is 0 Å². The van der Waals surface area contributed by atoms with E-state index in [1.807, 2.05) is 6.07 Å². The van der Waals surface area contributed by atoms with Crippen LogP contribution in [0.15, 0.2) is 34.2 Å². The van der Waals surface area contributed by atoms with Crippen LogP contribution < -0.4 is 14.8 Å². The molecule has 29 heavy (non-hydrogen) atoms. The number of hydrogen-bond donors (Lipinski definition) is 1. The molecule has 9 nitrogen and oxygen atoms in total. The van der Waals surface area contributed by atoms with Gasteiger partial charge < -0.3 is 24.1 Å². The molecular formula is C19H17N3O6S. The summed E-state index contributed by atoms with van der Waals surface area (Å²) in [5, 5.41) is 8.76. The largest absolute Gasteiger partial charge is 0.466 e. The first-order valence-electron chi connectivity index (χ1n) is 8.86. The fraction of sp³-hybridized carbons (Fsp3) is 0.263. The maximum atomic E-state index is 12.3. The van der Waals surface area contributed by atoms with Gasteiger partial charge in [-0.1, -0.05) is 5.16 Å². The highest BCUT2D eigenvalue weighted by Crippen LogP contribution is 2.36. The number of ether oxygens (including phenoxy) is 3. The lowest BCUT2D eigenvalue weighted by Gasteiger charge is -1.99. The van der Waals surface area contributed by atoms with Gasteiger partial charge in [0.05, 0.1) is 30.8 Å². The van der Waals surface area contributed by atoms with Gasteiger partial charge in [-0.3, -0.25) is 9.59 Å². The van der Waals surface area contributed by atoms with Gasteiger partial charge in [-0.25, -0.2) is 4.98 Å². The minimum atomic E-state index is -0.352. The van der Waals surface area contributed by atoms with Gasteiger partial charge in [0.2, 0.25) is 12.7 Å². The Hall–Kier alpha value is -3.40.